The number of rotatable bonds is 1. The van der Waals surface area contributed by atoms with E-state index in [1.807, 2.05) is 0 Å². The van der Waals surface area contributed by atoms with Crippen LogP contribution in [0, 0.1) is 0 Å². The molecule has 0 unspecified atom stereocenters. The Balaban J connectivity index is 1.85. The van der Waals surface area contributed by atoms with E-state index in [1.54, 1.807) is 0 Å². The summed E-state index contributed by atoms with van der Waals surface area (Å²) in [5.41, 5.74) is 3.79. The Bertz CT molecular complexity index is 275. The van der Waals surface area contributed by atoms with E-state index < -0.39 is 0 Å². The van der Waals surface area contributed by atoms with Gasteiger partial charge in [-0.1, -0.05) is 63.5 Å². The average Bonchev–Trinajstić information content (AvgIpc) is 2.64. The molecule has 2 heteroatoms. The zero-order chi connectivity index (χ0) is 15.3. The van der Waals surface area contributed by atoms with E-state index in [-0.39, 0.29) is 0 Å². The molecule has 2 rings (SSSR count). The van der Waals surface area contributed by atoms with Crippen LogP contribution in [-0.4, -0.2) is 24.1 Å². The Kier molecular flexibility index (Phi) is 9.93. The second-order valence-corrected chi connectivity index (χ2v) is 7.27. The summed E-state index contributed by atoms with van der Waals surface area (Å²) in [6.45, 7) is 2.40. The van der Waals surface area contributed by atoms with E-state index in [9.17, 15) is 0 Å². The highest BCUT2D eigenvalue weighted by atomic mass is 15.5. The Morgan fingerprint density at radius 1 is 0.636 bits per heavy atom. The number of nitrogens with one attached hydrogen (secondary N) is 1. The molecule has 0 aromatic heterocycles. The van der Waals surface area contributed by atoms with Crippen LogP contribution in [0.25, 0.3) is 0 Å². The fourth-order valence-corrected chi connectivity index (χ4v) is 3.89. The maximum atomic E-state index is 3.79. The molecule has 1 fully saturated rings. The third kappa shape index (κ3) is 7.78. The van der Waals surface area contributed by atoms with Gasteiger partial charge in [-0.2, -0.15) is 0 Å². The van der Waals surface area contributed by atoms with Crippen molar-refractivity contribution in [1.29, 1.82) is 0 Å². The molecule has 128 valence electrons. The second kappa shape index (κ2) is 12.1. The fourth-order valence-electron chi connectivity index (χ4n) is 3.89. The highest BCUT2D eigenvalue weighted by Crippen LogP contribution is 2.20. The van der Waals surface area contributed by atoms with E-state index in [1.165, 1.54) is 109 Å². The van der Waals surface area contributed by atoms with E-state index in [0.29, 0.717) is 0 Å². The SMILES string of the molecule is C1=CCCCN(C2CCCCCCCCCC2)NCCCC1. The third-order valence-electron chi connectivity index (χ3n) is 5.31. The Morgan fingerprint density at radius 2 is 1.23 bits per heavy atom. The van der Waals surface area contributed by atoms with Crippen LogP contribution in [0.15, 0.2) is 12.2 Å². The standard InChI is InChI=1S/C20H38N2/c1-2-5-9-13-17-20(16-12-8-4-1)22-19-15-11-7-3-6-10-14-18-21-22/h3,7,20-21H,1-2,4-6,8-19H2. The van der Waals surface area contributed by atoms with Crippen molar-refractivity contribution in [3.8, 4) is 0 Å². The van der Waals surface area contributed by atoms with Gasteiger partial charge in [0, 0.05) is 19.1 Å². The summed E-state index contributed by atoms with van der Waals surface area (Å²) in [5.74, 6) is 0. The maximum Gasteiger partial charge on any atom is 0.0243 e. The summed E-state index contributed by atoms with van der Waals surface area (Å²) in [6.07, 6.45) is 25.7. The topological polar surface area (TPSA) is 15.3 Å². The van der Waals surface area contributed by atoms with Crippen LogP contribution in [0.4, 0.5) is 0 Å². The first kappa shape index (κ1) is 18.0. The summed E-state index contributed by atoms with van der Waals surface area (Å²) in [6, 6.07) is 0.780. The lowest BCUT2D eigenvalue weighted by atomic mass is 10.0. The minimum absolute atomic E-state index is 0.780. The van der Waals surface area contributed by atoms with Gasteiger partial charge in [0.25, 0.3) is 0 Å². The Hall–Kier alpha value is -0.340. The molecule has 2 nitrogen and oxygen atoms in total. The van der Waals surface area contributed by atoms with Gasteiger partial charge >= 0.3 is 0 Å². The molecule has 1 aliphatic heterocycles. The summed E-state index contributed by atoms with van der Waals surface area (Å²) in [4.78, 5) is 0. The minimum Gasteiger partial charge on any atom is -0.255 e. The lowest BCUT2D eigenvalue weighted by molar-refractivity contribution is 0.104. The summed E-state index contributed by atoms with van der Waals surface area (Å²) in [7, 11) is 0. The number of hydrazine groups is 1. The van der Waals surface area contributed by atoms with Gasteiger partial charge in [0.05, 0.1) is 0 Å². The first-order valence-corrected chi connectivity index (χ1v) is 10.1. The van der Waals surface area contributed by atoms with Gasteiger partial charge in [-0.25, -0.2) is 5.01 Å². The molecule has 0 atom stereocenters. The molecule has 2 aliphatic rings. The van der Waals surface area contributed by atoms with Crippen LogP contribution in [0.1, 0.15) is 96.3 Å². The lowest BCUT2D eigenvalue weighted by Gasteiger charge is -2.32. The molecular formula is C20H38N2. The van der Waals surface area contributed by atoms with Gasteiger partial charge in [-0.15, -0.1) is 0 Å². The number of hydrogen-bond donors (Lipinski definition) is 1. The van der Waals surface area contributed by atoms with Crippen LogP contribution in [0.5, 0.6) is 0 Å². The molecule has 1 aliphatic carbocycles. The maximum absolute atomic E-state index is 3.79. The van der Waals surface area contributed by atoms with Gasteiger partial charge in [0.1, 0.15) is 0 Å². The van der Waals surface area contributed by atoms with Crippen molar-refractivity contribution in [1.82, 2.24) is 10.4 Å². The highest BCUT2D eigenvalue weighted by Gasteiger charge is 2.18. The van der Waals surface area contributed by atoms with Crippen LogP contribution in [0.2, 0.25) is 0 Å². The van der Waals surface area contributed by atoms with E-state index in [2.05, 4.69) is 22.6 Å². The van der Waals surface area contributed by atoms with Crippen molar-refractivity contribution >= 4 is 0 Å². The van der Waals surface area contributed by atoms with E-state index in [4.69, 9.17) is 0 Å². The predicted molar refractivity (Wildman–Crippen MR) is 96.9 cm³/mol. The number of allylic oxidation sites excluding steroid dienone is 2. The molecule has 0 aromatic rings. The van der Waals surface area contributed by atoms with Crippen molar-refractivity contribution < 1.29 is 0 Å². The molecular weight excluding hydrogens is 268 g/mol. The van der Waals surface area contributed by atoms with E-state index in [0.717, 1.165) is 6.04 Å². The number of nitrogens with zero attached hydrogens (tertiary/aromatic N) is 1. The van der Waals surface area contributed by atoms with Crippen molar-refractivity contribution in [2.75, 3.05) is 13.1 Å². The van der Waals surface area contributed by atoms with Gasteiger partial charge in [0.15, 0.2) is 0 Å². The second-order valence-electron chi connectivity index (χ2n) is 7.27. The van der Waals surface area contributed by atoms with Crippen LogP contribution in [-0.2, 0) is 0 Å². The van der Waals surface area contributed by atoms with Gasteiger partial charge in [-0.05, 0) is 44.9 Å². The average molecular weight is 307 g/mol. The van der Waals surface area contributed by atoms with Crippen LogP contribution in [0.3, 0.4) is 0 Å². The molecule has 1 heterocycles. The highest BCUT2D eigenvalue weighted by molar-refractivity contribution is 4.83. The molecule has 22 heavy (non-hydrogen) atoms. The summed E-state index contributed by atoms with van der Waals surface area (Å²) >= 11 is 0. The van der Waals surface area contributed by atoms with Crippen molar-refractivity contribution in [2.45, 2.75) is 102 Å². The molecule has 1 saturated carbocycles. The van der Waals surface area contributed by atoms with Crippen molar-refractivity contribution in [3.63, 3.8) is 0 Å². The van der Waals surface area contributed by atoms with Gasteiger partial charge in [-0.3, -0.25) is 5.43 Å². The fraction of sp³-hybridized carbons (Fsp3) is 0.900. The Morgan fingerprint density at radius 3 is 1.91 bits per heavy atom. The lowest BCUT2D eigenvalue weighted by Crippen LogP contribution is -2.46. The first-order chi connectivity index (χ1) is 11.0. The molecule has 0 amide bonds. The quantitative estimate of drug-likeness (QED) is 0.635. The van der Waals surface area contributed by atoms with Crippen LogP contribution < -0.4 is 5.43 Å². The monoisotopic (exact) mass is 306 g/mol. The number of hydrogen-bond acceptors (Lipinski definition) is 2. The van der Waals surface area contributed by atoms with Crippen molar-refractivity contribution in [3.05, 3.63) is 12.2 Å². The zero-order valence-corrected chi connectivity index (χ0v) is 14.7. The minimum atomic E-state index is 0.780. The van der Waals surface area contributed by atoms with Gasteiger partial charge in [0.2, 0.25) is 0 Å². The van der Waals surface area contributed by atoms with Gasteiger partial charge < -0.3 is 0 Å². The first-order valence-electron chi connectivity index (χ1n) is 10.1. The smallest absolute Gasteiger partial charge is 0.0243 e. The molecule has 0 saturated heterocycles. The zero-order valence-electron chi connectivity index (χ0n) is 14.7. The largest absolute Gasteiger partial charge is 0.255 e. The van der Waals surface area contributed by atoms with Crippen LogP contribution >= 0.6 is 0 Å². The molecule has 0 bridgehead atoms. The molecule has 0 spiro atoms. The molecule has 0 aromatic carbocycles. The third-order valence-corrected chi connectivity index (χ3v) is 5.31. The van der Waals surface area contributed by atoms with Crippen molar-refractivity contribution in [2.24, 2.45) is 0 Å². The van der Waals surface area contributed by atoms with E-state index >= 15 is 0 Å². The molecule has 0 radical (unpaired) electrons. The summed E-state index contributed by atoms with van der Waals surface area (Å²) < 4.78 is 0. The Labute approximate surface area is 138 Å². The normalized spacial score (nSPS) is 26.0. The predicted octanol–water partition coefficient (Wildman–Crippen LogP) is 5.60. The molecule has 1 N–H and O–H groups in total. The summed E-state index contributed by atoms with van der Waals surface area (Å²) in [5, 5.41) is 2.64.